The molecule has 3 unspecified atom stereocenters. The minimum atomic E-state index is -2.80. The van der Waals surface area contributed by atoms with Crippen molar-refractivity contribution in [3.63, 3.8) is 0 Å². The second-order valence-electron chi connectivity index (χ2n) is 5.87. The number of likely N-dealkylation sites (tertiary alicyclic amines) is 1. The Balaban J connectivity index is 1.76. The smallest absolute Gasteiger partial charge is 0.150 e. The lowest BCUT2D eigenvalue weighted by molar-refractivity contribution is 0.259. The fourth-order valence-electron chi connectivity index (χ4n) is 3.44. The average Bonchev–Trinajstić information content (AvgIpc) is 2.73. The zero-order valence-corrected chi connectivity index (χ0v) is 12.2. The minimum absolute atomic E-state index is 0.267. The minimum Gasteiger partial charge on any atom is -0.327 e. The van der Waals surface area contributed by atoms with Crippen LogP contribution < -0.4 is 5.73 Å². The van der Waals surface area contributed by atoms with Crippen LogP contribution in [0.5, 0.6) is 0 Å². The van der Waals surface area contributed by atoms with E-state index in [1.165, 1.54) is 19.3 Å². The predicted octanol–water partition coefficient (Wildman–Crippen LogP) is 0.870. The van der Waals surface area contributed by atoms with Crippen LogP contribution in [0.15, 0.2) is 0 Å². The topological polar surface area (TPSA) is 63.4 Å². The van der Waals surface area contributed by atoms with Gasteiger partial charge in [-0.2, -0.15) is 0 Å². The van der Waals surface area contributed by atoms with Gasteiger partial charge in [0, 0.05) is 24.9 Å². The van der Waals surface area contributed by atoms with Gasteiger partial charge in [-0.1, -0.05) is 13.3 Å². The van der Waals surface area contributed by atoms with Crippen molar-refractivity contribution in [2.45, 2.75) is 38.6 Å². The third-order valence-corrected chi connectivity index (χ3v) is 6.39. The molecule has 1 saturated heterocycles. The van der Waals surface area contributed by atoms with Crippen LogP contribution in [0.2, 0.25) is 0 Å². The zero-order chi connectivity index (χ0) is 13.2. The van der Waals surface area contributed by atoms with E-state index in [9.17, 15) is 8.42 Å². The van der Waals surface area contributed by atoms with Gasteiger partial charge < -0.3 is 10.6 Å². The lowest BCUT2D eigenvalue weighted by Crippen LogP contribution is -2.38. The van der Waals surface area contributed by atoms with Gasteiger partial charge >= 0.3 is 0 Å². The first-order chi connectivity index (χ1) is 8.52. The van der Waals surface area contributed by atoms with Crippen molar-refractivity contribution < 1.29 is 8.42 Å². The normalized spacial score (nSPS) is 33.6. The van der Waals surface area contributed by atoms with E-state index in [1.807, 2.05) is 0 Å². The summed E-state index contributed by atoms with van der Waals surface area (Å²) in [6.45, 7) is 4.85. The number of sulfone groups is 1. The van der Waals surface area contributed by atoms with E-state index in [0.29, 0.717) is 17.7 Å². The molecule has 0 amide bonds. The Labute approximate surface area is 111 Å². The van der Waals surface area contributed by atoms with Gasteiger partial charge in [0.2, 0.25) is 0 Å². The Hall–Kier alpha value is -0.130. The van der Waals surface area contributed by atoms with E-state index in [-0.39, 0.29) is 5.75 Å². The predicted molar refractivity (Wildman–Crippen MR) is 74.2 cm³/mol. The highest BCUT2D eigenvalue weighted by Gasteiger charge is 2.38. The summed E-state index contributed by atoms with van der Waals surface area (Å²) >= 11 is 0. The Morgan fingerprint density at radius 1 is 1.28 bits per heavy atom. The summed E-state index contributed by atoms with van der Waals surface area (Å²) in [5.74, 6) is 2.02. The van der Waals surface area contributed by atoms with Crippen LogP contribution in [-0.2, 0) is 9.84 Å². The molecule has 2 N–H and O–H groups in total. The Morgan fingerprint density at radius 3 is 2.72 bits per heavy atom. The Kier molecular flexibility index (Phi) is 4.67. The SMILES string of the molecule is CCS(=O)(=O)CCCN1CC2CCCC(N)C2C1. The lowest BCUT2D eigenvalue weighted by atomic mass is 9.78. The van der Waals surface area contributed by atoms with Gasteiger partial charge in [-0.15, -0.1) is 0 Å². The maximum absolute atomic E-state index is 11.4. The summed E-state index contributed by atoms with van der Waals surface area (Å²) in [5.41, 5.74) is 6.18. The van der Waals surface area contributed by atoms with Crippen molar-refractivity contribution in [3.8, 4) is 0 Å². The molecule has 4 nitrogen and oxygen atoms in total. The highest BCUT2D eigenvalue weighted by atomic mass is 32.2. The maximum Gasteiger partial charge on any atom is 0.150 e. The van der Waals surface area contributed by atoms with Gasteiger partial charge in [0.1, 0.15) is 9.84 Å². The molecule has 3 atom stereocenters. The number of hydrogen-bond acceptors (Lipinski definition) is 4. The molecule has 1 aliphatic heterocycles. The number of nitrogens with two attached hydrogens (primary N) is 1. The van der Waals surface area contributed by atoms with Gasteiger partial charge in [-0.05, 0) is 37.6 Å². The van der Waals surface area contributed by atoms with Crippen LogP contribution in [0.1, 0.15) is 32.6 Å². The van der Waals surface area contributed by atoms with Crippen molar-refractivity contribution in [3.05, 3.63) is 0 Å². The molecule has 0 bridgehead atoms. The second-order valence-corrected chi connectivity index (χ2v) is 8.34. The molecule has 2 aliphatic rings. The highest BCUT2D eigenvalue weighted by molar-refractivity contribution is 7.91. The van der Waals surface area contributed by atoms with Crippen molar-refractivity contribution in [2.75, 3.05) is 31.1 Å². The van der Waals surface area contributed by atoms with Gasteiger partial charge in [-0.25, -0.2) is 8.42 Å². The van der Waals surface area contributed by atoms with E-state index in [1.54, 1.807) is 6.92 Å². The first-order valence-corrected chi connectivity index (χ1v) is 9.02. The molecule has 2 rings (SSSR count). The molecule has 1 aliphatic carbocycles. The third kappa shape index (κ3) is 3.45. The fraction of sp³-hybridized carbons (Fsp3) is 1.00. The van der Waals surface area contributed by atoms with Gasteiger partial charge in [0.05, 0.1) is 5.75 Å². The first kappa shape index (κ1) is 14.3. The fourth-order valence-corrected chi connectivity index (χ4v) is 4.30. The van der Waals surface area contributed by atoms with Crippen LogP contribution in [-0.4, -0.2) is 50.5 Å². The molecular weight excluding hydrogens is 248 g/mol. The van der Waals surface area contributed by atoms with E-state index in [0.717, 1.165) is 32.0 Å². The van der Waals surface area contributed by atoms with Crippen LogP contribution >= 0.6 is 0 Å². The molecule has 0 aromatic rings. The lowest BCUT2D eigenvalue weighted by Gasteiger charge is -2.29. The average molecular weight is 274 g/mol. The van der Waals surface area contributed by atoms with E-state index in [2.05, 4.69) is 4.90 Å². The van der Waals surface area contributed by atoms with Gasteiger partial charge in [0.25, 0.3) is 0 Å². The summed E-state index contributed by atoms with van der Waals surface area (Å²) < 4.78 is 22.9. The highest BCUT2D eigenvalue weighted by Crippen LogP contribution is 2.35. The Bertz CT molecular complexity index is 369. The van der Waals surface area contributed by atoms with Crippen LogP contribution in [0.3, 0.4) is 0 Å². The van der Waals surface area contributed by atoms with E-state index in [4.69, 9.17) is 5.73 Å². The van der Waals surface area contributed by atoms with E-state index >= 15 is 0 Å². The quantitative estimate of drug-likeness (QED) is 0.808. The molecule has 0 aromatic heterocycles. The van der Waals surface area contributed by atoms with Crippen molar-refractivity contribution in [1.29, 1.82) is 0 Å². The molecule has 106 valence electrons. The summed E-state index contributed by atoms with van der Waals surface area (Å²) in [6, 6.07) is 0.369. The zero-order valence-electron chi connectivity index (χ0n) is 11.3. The monoisotopic (exact) mass is 274 g/mol. The van der Waals surface area contributed by atoms with Gasteiger partial charge in [0.15, 0.2) is 0 Å². The molecule has 0 radical (unpaired) electrons. The molecular formula is C13H26N2O2S. The summed E-state index contributed by atoms with van der Waals surface area (Å²) in [4.78, 5) is 2.42. The molecule has 1 heterocycles. The number of hydrogen-bond donors (Lipinski definition) is 1. The van der Waals surface area contributed by atoms with Crippen molar-refractivity contribution in [2.24, 2.45) is 17.6 Å². The number of rotatable bonds is 5. The first-order valence-electron chi connectivity index (χ1n) is 7.20. The van der Waals surface area contributed by atoms with Crippen molar-refractivity contribution in [1.82, 2.24) is 4.90 Å². The standard InChI is InChI=1S/C13H26N2O2S/c1-2-18(16,17)8-4-7-15-9-11-5-3-6-13(14)12(11)10-15/h11-13H,2-10,14H2,1H3. The summed E-state index contributed by atoms with van der Waals surface area (Å²) in [6.07, 6.45) is 4.51. The molecule has 0 aromatic carbocycles. The largest absolute Gasteiger partial charge is 0.327 e. The number of nitrogens with zero attached hydrogens (tertiary/aromatic N) is 1. The molecule has 18 heavy (non-hydrogen) atoms. The number of fused-ring (bicyclic) bond motifs is 1. The molecule has 1 saturated carbocycles. The molecule has 5 heteroatoms. The molecule has 2 fully saturated rings. The van der Waals surface area contributed by atoms with Crippen molar-refractivity contribution >= 4 is 9.84 Å². The second kappa shape index (κ2) is 5.88. The summed E-state index contributed by atoms with van der Waals surface area (Å²) in [5, 5.41) is 0. The van der Waals surface area contributed by atoms with Crippen LogP contribution in [0.4, 0.5) is 0 Å². The van der Waals surface area contributed by atoms with Crippen LogP contribution in [0.25, 0.3) is 0 Å². The summed E-state index contributed by atoms with van der Waals surface area (Å²) in [7, 11) is -2.80. The van der Waals surface area contributed by atoms with Gasteiger partial charge in [-0.3, -0.25) is 0 Å². The molecule has 0 spiro atoms. The van der Waals surface area contributed by atoms with Crippen LogP contribution in [0, 0.1) is 11.8 Å². The van der Waals surface area contributed by atoms with E-state index < -0.39 is 9.84 Å². The maximum atomic E-state index is 11.4. The third-order valence-electron chi connectivity index (χ3n) is 4.60. The Morgan fingerprint density at radius 2 is 2.06 bits per heavy atom.